The molecule has 5 nitrogen and oxygen atoms in total. The van der Waals surface area contributed by atoms with Crippen LogP contribution in [0.1, 0.15) is 11.3 Å². The number of nitro benzene ring substituents is 1. The molecule has 0 atom stereocenters. The van der Waals surface area contributed by atoms with Gasteiger partial charge in [0.2, 0.25) is 5.69 Å². The monoisotopic (exact) mass is 270 g/mol. The topological polar surface area (TPSA) is 73.0 Å². The maximum Gasteiger partial charge on any atom is 0.269 e. The lowest BCUT2D eigenvalue weighted by Crippen LogP contribution is -2.39. The van der Waals surface area contributed by atoms with Crippen LogP contribution in [-0.2, 0) is 6.54 Å². The van der Waals surface area contributed by atoms with Crippen LogP contribution in [0.5, 0.6) is 0 Å². The van der Waals surface area contributed by atoms with Gasteiger partial charge in [0, 0.05) is 30.3 Å². The third-order valence-corrected chi connectivity index (χ3v) is 2.90. The maximum atomic E-state index is 10.6. The Hall–Kier alpha value is -2.53. The molecule has 0 fully saturated rings. The lowest BCUT2D eigenvalue weighted by molar-refractivity contribution is -0.696. The van der Waals surface area contributed by atoms with E-state index in [1.165, 1.54) is 12.1 Å². The van der Waals surface area contributed by atoms with E-state index < -0.39 is 4.92 Å². The van der Waals surface area contributed by atoms with Crippen molar-refractivity contribution in [3.05, 3.63) is 70.0 Å². The summed E-state index contributed by atoms with van der Waals surface area (Å²) in [5.74, 6) is 0. The van der Waals surface area contributed by atoms with Crippen molar-refractivity contribution in [2.24, 2.45) is 5.73 Å². The largest absolute Gasteiger partial charge is 0.325 e. The van der Waals surface area contributed by atoms with E-state index in [2.05, 4.69) is 4.57 Å². The molecular weight excluding hydrogens is 254 g/mol. The van der Waals surface area contributed by atoms with Gasteiger partial charge in [-0.2, -0.15) is 4.57 Å². The fourth-order valence-corrected chi connectivity index (χ4v) is 1.87. The van der Waals surface area contributed by atoms with Crippen LogP contribution in [0.3, 0.4) is 0 Å². The molecule has 2 rings (SSSR count). The van der Waals surface area contributed by atoms with E-state index >= 15 is 0 Å². The van der Waals surface area contributed by atoms with Crippen LogP contribution in [-0.4, -0.2) is 11.5 Å². The Labute approximate surface area is 117 Å². The molecule has 0 aliphatic heterocycles. The van der Waals surface area contributed by atoms with Crippen molar-refractivity contribution in [3.8, 4) is 0 Å². The first-order valence-electron chi connectivity index (χ1n) is 6.32. The zero-order valence-corrected chi connectivity index (χ0v) is 11.0. The average Bonchev–Trinajstić information content (AvgIpc) is 2.47. The number of non-ortho nitro benzene ring substituents is 1. The fourth-order valence-electron chi connectivity index (χ4n) is 1.87. The van der Waals surface area contributed by atoms with Crippen molar-refractivity contribution in [3.63, 3.8) is 0 Å². The number of nitrogens with zero attached hydrogens (tertiary/aromatic N) is 2. The van der Waals surface area contributed by atoms with Crippen molar-refractivity contribution >= 4 is 17.8 Å². The molecule has 1 aromatic heterocycles. The van der Waals surface area contributed by atoms with Crippen LogP contribution in [0, 0.1) is 10.1 Å². The highest BCUT2D eigenvalue weighted by atomic mass is 16.6. The summed E-state index contributed by atoms with van der Waals surface area (Å²) < 4.78 is 2.06. The molecule has 0 saturated carbocycles. The summed E-state index contributed by atoms with van der Waals surface area (Å²) in [6, 6.07) is 12.4. The first kappa shape index (κ1) is 13.9. The molecule has 0 aliphatic carbocycles. The molecule has 102 valence electrons. The average molecular weight is 270 g/mol. The molecule has 5 heteroatoms. The molecule has 0 radical (unpaired) electrons. The minimum Gasteiger partial charge on any atom is -0.325 e. The quantitative estimate of drug-likeness (QED) is 0.513. The van der Waals surface area contributed by atoms with E-state index in [1.54, 1.807) is 12.1 Å². The Morgan fingerprint density at radius 2 is 1.90 bits per heavy atom. The van der Waals surface area contributed by atoms with Crippen molar-refractivity contribution in [2.75, 3.05) is 6.54 Å². The summed E-state index contributed by atoms with van der Waals surface area (Å²) in [5, 5.41) is 10.6. The molecule has 0 aliphatic rings. The van der Waals surface area contributed by atoms with Crippen LogP contribution >= 0.6 is 0 Å². The lowest BCUT2D eigenvalue weighted by Gasteiger charge is -1.98. The molecule has 1 heterocycles. The second kappa shape index (κ2) is 6.58. The van der Waals surface area contributed by atoms with Crippen LogP contribution in [0.25, 0.3) is 12.2 Å². The smallest absolute Gasteiger partial charge is 0.269 e. The van der Waals surface area contributed by atoms with Gasteiger partial charge in [-0.1, -0.05) is 0 Å². The van der Waals surface area contributed by atoms with Gasteiger partial charge in [0.25, 0.3) is 5.69 Å². The van der Waals surface area contributed by atoms with Gasteiger partial charge < -0.3 is 5.73 Å². The highest BCUT2D eigenvalue weighted by Gasteiger charge is 2.05. The normalized spacial score (nSPS) is 10.8. The van der Waals surface area contributed by atoms with E-state index in [-0.39, 0.29) is 5.69 Å². The third kappa shape index (κ3) is 3.49. The molecule has 1 aromatic carbocycles. The first-order chi connectivity index (χ1) is 9.70. The highest BCUT2D eigenvalue weighted by molar-refractivity contribution is 5.67. The molecule has 0 unspecified atom stereocenters. The number of hydrogen-bond donors (Lipinski definition) is 1. The predicted molar refractivity (Wildman–Crippen MR) is 77.7 cm³/mol. The number of nitrogens with two attached hydrogens (primary N) is 1. The van der Waals surface area contributed by atoms with Crippen LogP contribution in [0.15, 0.2) is 48.7 Å². The van der Waals surface area contributed by atoms with Gasteiger partial charge in [-0.05, 0) is 29.8 Å². The van der Waals surface area contributed by atoms with E-state index in [0.717, 1.165) is 17.8 Å². The van der Waals surface area contributed by atoms with Gasteiger partial charge in [-0.25, -0.2) is 0 Å². The summed E-state index contributed by atoms with van der Waals surface area (Å²) in [7, 11) is 0. The number of aromatic nitrogens is 1. The van der Waals surface area contributed by atoms with Crippen LogP contribution in [0.2, 0.25) is 0 Å². The van der Waals surface area contributed by atoms with Crippen molar-refractivity contribution in [2.45, 2.75) is 6.54 Å². The van der Waals surface area contributed by atoms with Gasteiger partial charge in [-0.3, -0.25) is 10.1 Å². The van der Waals surface area contributed by atoms with Crippen molar-refractivity contribution < 1.29 is 9.49 Å². The first-order valence-corrected chi connectivity index (χ1v) is 6.32. The second-order valence-electron chi connectivity index (χ2n) is 4.29. The summed E-state index contributed by atoms with van der Waals surface area (Å²) in [5.41, 5.74) is 7.62. The van der Waals surface area contributed by atoms with Crippen molar-refractivity contribution in [1.82, 2.24) is 0 Å². The van der Waals surface area contributed by atoms with Gasteiger partial charge in [0.1, 0.15) is 0 Å². The van der Waals surface area contributed by atoms with Gasteiger partial charge in [0.15, 0.2) is 12.7 Å². The maximum absolute atomic E-state index is 10.6. The minimum absolute atomic E-state index is 0.0973. The van der Waals surface area contributed by atoms with Crippen molar-refractivity contribution in [1.29, 1.82) is 0 Å². The fraction of sp³-hybridized carbons (Fsp3) is 0.133. The van der Waals surface area contributed by atoms with Gasteiger partial charge in [-0.15, -0.1) is 0 Å². The number of hydrogen-bond acceptors (Lipinski definition) is 3. The zero-order chi connectivity index (χ0) is 14.4. The molecule has 0 bridgehead atoms. The standard InChI is InChI=1S/C15H16N3O2/c16-10-12-17-11-2-1-3-14(17)7-4-13-5-8-15(9-6-13)18(19)20/h1-9,11H,10,12,16H2/q+1/b7-4+. The predicted octanol–water partition coefficient (Wildman–Crippen LogP) is 2.01. The number of rotatable bonds is 5. The number of benzene rings is 1. The molecule has 20 heavy (non-hydrogen) atoms. The molecule has 0 spiro atoms. The summed E-state index contributed by atoms with van der Waals surface area (Å²) in [6.07, 6.45) is 5.87. The van der Waals surface area contributed by atoms with E-state index in [1.807, 2.05) is 36.5 Å². The summed E-state index contributed by atoms with van der Waals surface area (Å²) >= 11 is 0. The Balaban J connectivity index is 2.18. The third-order valence-electron chi connectivity index (χ3n) is 2.90. The molecule has 2 aromatic rings. The highest BCUT2D eigenvalue weighted by Crippen LogP contribution is 2.13. The van der Waals surface area contributed by atoms with Gasteiger partial charge >= 0.3 is 0 Å². The number of nitro groups is 1. The lowest BCUT2D eigenvalue weighted by atomic mass is 10.2. The number of pyridine rings is 1. The second-order valence-corrected chi connectivity index (χ2v) is 4.29. The minimum atomic E-state index is -0.403. The summed E-state index contributed by atoms with van der Waals surface area (Å²) in [4.78, 5) is 10.2. The van der Waals surface area contributed by atoms with E-state index in [0.29, 0.717) is 6.54 Å². The van der Waals surface area contributed by atoms with E-state index in [9.17, 15) is 10.1 Å². The zero-order valence-electron chi connectivity index (χ0n) is 11.0. The Morgan fingerprint density at radius 3 is 2.55 bits per heavy atom. The SMILES string of the molecule is NCC[n+]1ccccc1/C=C/c1ccc([N+](=O)[O-])cc1. The molecule has 0 amide bonds. The Kier molecular flexibility index (Phi) is 4.57. The van der Waals surface area contributed by atoms with Crippen LogP contribution in [0.4, 0.5) is 5.69 Å². The van der Waals surface area contributed by atoms with Gasteiger partial charge in [0.05, 0.1) is 11.5 Å². The van der Waals surface area contributed by atoms with Crippen LogP contribution < -0.4 is 10.3 Å². The Morgan fingerprint density at radius 1 is 1.15 bits per heavy atom. The molecular formula is C15H16N3O2+. The molecule has 0 saturated heterocycles. The van der Waals surface area contributed by atoms with E-state index in [4.69, 9.17) is 5.73 Å². The Bertz CT molecular complexity index is 621. The summed E-state index contributed by atoms with van der Waals surface area (Å²) in [6.45, 7) is 1.33. The molecule has 2 N–H and O–H groups in total.